The second-order valence-corrected chi connectivity index (χ2v) is 18.1. The normalized spacial score (nSPS) is 17.5. The van der Waals surface area contributed by atoms with E-state index in [4.69, 9.17) is 23.2 Å². The van der Waals surface area contributed by atoms with Crippen molar-refractivity contribution < 1.29 is 21.6 Å². The lowest BCUT2D eigenvalue weighted by atomic mass is 9.55. The summed E-state index contributed by atoms with van der Waals surface area (Å²) in [7, 11) is -8.02. The fourth-order valence-electron chi connectivity index (χ4n) is 7.85. The van der Waals surface area contributed by atoms with Crippen LogP contribution in [0.5, 0.6) is 0 Å². The quantitative estimate of drug-likeness (QED) is 0.168. The molecule has 50 heavy (non-hydrogen) atoms. The zero-order valence-electron chi connectivity index (χ0n) is 28.3. The molecule has 0 aliphatic heterocycles. The van der Waals surface area contributed by atoms with Gasteiger partial charge in [-0.15, -0.1) is 0 Å². The summed E-state index contributed by atoms with van der Waals surface area (Å²) in [5, 5.41) is 0.783. The van der Waals surface area contributed by atoms with Crippen molar-refractivity contribution in [1.82, 2.24) is 0 Å². The number of carbonyl (C=O) groups is 1. The van der Waals surface area contributed by atoms with Crippen molar-refractivity contribution in [1.29, 1.82) is 0 Å². The Hall–Kier alpha value is -3.37. The first-order chi connectivity index (χ1) is 23.8. The highest BCUT2D eigenvalue weighted by molar-refractivity contribution is 7.93. The minimum Gasteiger partial charge on any atom is -0.298 e. The third kappa shape index (κ3) is 7.20. The van der Waals surface area contributed by atoms with Gasteiger partial charge in [-0.2, -0.15) is 0 Å². The van der Waals surface area contributed by atoms with Crippen LogP contribution in [0, 0.1) is 13.8 Å². The van der Waals surface area contributed by atoms with Gasteiger partial charge in [0.1, 0.15) is 0 Å². The molecule has 264 valence electrons. The van der Waals surface area contributed by atoms with Crippen LogP contribution in [0.4, 0.5) is 11.4 Å². The van der Waals surface area contributed by atoms with Crippen molar-refractivity contribution >= 4 is 60.4 Å². The van der Waals surface area contributed by atoms with E-state index in [-0.39, 0.29) is 15.6 Å². The number of hydrogen-bond acceptors (Lipinski definition) is 5. The second-order valence-electron chi connectivity index (χ2n) is 13.8. The molecule has 0 unspecified atom stereocenters. The first-order valence-corrected chi connectivity index (χ1v) is 20.8. The average Bonchev–Trinajstić information content (AvgIpc) is 3.10. The molecule has 0 saturated heterocycles. The van der Waals surface area contributed by atoms with Gasteiger partial charge in [-0.05, 0) is 111 Å². The van der Waals surface area contributed by atoms with Gasteiger partial charge in [0.2, 0.25) is 0 Å². The summed E-state index contributed by atoms with van der Waals surface area (Å²) in [5.74, 6) is -0.0551. The monoisotopic (exact) mass is 752 g/mol. The van der Waals surface area contributed by atoms with Crippen LogP contribution in [-0.2, 0) is 35.7 Å². The van der Waals surface area contributed by atoms with Gasteiger partial charge in [0.05, 0.1) is 32.0 Å². The Morgan fingerprint density at radius 1 is 0.540 bits per heavy atom. The van der Waals surface area contributed by atoms with E-state index in [9.17, 15) is 16.8 Å². The van der Waals surface area contributed by atoms with Gasteiger partial charge < -0.3 is 0 Å². The third-order valence-corrected chi connectivity index (χ3v) is 13.7. The molecule has 6 rings (SSSR count). The van der Waals surface area contributed by atoms with Crippen LogP contribution in [0.15, 0.2) is 94.7 Å². The van der Waals surface area contributed by atoms with E-state index in [0.29, 0.717) is 58.2 Å². The van der Waals surface area contributed by atoms with E-state index in [2.05, 4.69) is 9.44 Å². The van der Waals surface area contributed by atoms with Crippen molar-refractivity contribution in [2.75, 3.05) is 9.44 Å². The number of Topliss-reactive ketones (excluding diaryl/α,β-unsaturated/α-hetero) is 1. The van der Waals surface area contributed by atoms with E-state index in [1.807, 2.05) is 13.8 Å². The number of sulfonamides is 2. The highest BCUT2D eigenvalue weighted by Crippen LogP contribution is 2.54. The highest BCUT2D eigenvalue weighted by atomic mass is 35.5. The first kappa shape index (κ1) is 36.4. The van der Waals surface area contributed by atoms with Gasteiger partial charge >= 0.3 is 0 Å². The molecule has 2 aliphatic carbocycles. The van der Waals surface area contributed by atoms with Crippen molar-refractivity contribution in [3.8, 4) is 0 Å². The van der Waals surface area contributed by atoms with Crippen LogP contribution in [0.1, 0.15) is 86.5 Å². The molecular formula is C39H42Cl2N2O5S2. The van der Waals surface area contributed by atoms with E-state index in [1.54, 1.807) is 84.9 Å². The van der Waals surface area contributed by atoms with Crippen molar-refractivity contribution in [2.24, 2.45) is 0 Å². The minimum atomic E-state index is -4.01. The highest BCUT2D eigenvalue weighted by Gasteiger charge is 2.54. The van der Waals surface area contributed by atoms with E-state index < -0.39 is 30.9 Å². The zero-order valence-corrected chi connectivity index (χ0v) is 31.4. The molecule has 2 saturated carbocycles. The van der Waals surface area contributed by atoms with Crippen molar-refractivity contribution in [3.63, 3.8) is 0 Å². The Morgan fingerprint density at radius 2 is 0.880 bits per heavy atom. The van der Waals surface area contributed by atoms with Gasteiger partial charge in [-0.25, -0.2) is 16.8 Å². The fourth-order valence-corrected chi connectivity index (χ4v) is 10.4. The molecule has 0 heterocycles. The topological polar surface area (TPSA) is 109 Å². The lowest BCUT2D eigenvalue weighted by Crippen LogP contribution is -2.51. The standard InChI is InChI=1S/C39H42Cl2N2O5S2/c1-27-9-15-31(16-10-27)49(45,46)42-35-19-13-29(40)25-33(35)38(21-5-3-6-22-38)37(44)39(23-7-4-8-24-39)34-26-30(41)14-20-36(34)43-50(47,48)32-17-11-28(2)12-18-32/h9-20,25-26,42-43H,3-8,21-24H2,1-2H3. The molecular weight excluding hydrogens is 711 g/mol. The molecule has 2 N–H and O–H groups in total. The maximum Gasteiger partial charge on any atom is 0.261 e. The fraction of sp³-hybridized carbons (Fsp3) is 0.359. The number of nitrogens with one attached hydrogen (secondary N) is 2. The second kappa shape index (κ2) is 14.3. The summed E-state index contributed by atoms with van der Waals surface area (Å²) < 4.78 is 60.5. The number of aryl methyl sites for hydroxylation is 2. The Kier molecular flexibility index (Phi) is 10.4. The molecule has 7 nitrogen and oxygen atoms in total. The van der Waals surface area contributed by atoms with Gasteiger partial charge in [0.15, 0.2) is 5.78 Å². The molecule has 0 radical (unpaired) electrons. The van der Waals surface area contributed by atoms with Crippen LogP contribution >= 0.6 is 23.2 Å². The maximum absolute atomic E-state index is 15.8. The van der Waals surface area contributed by atoms with Crippen LogP contribution < -0.4 is 9.44 Å². The van der Waals surface area contributed by atoms with E-state index in [1.165, 1.54) is 0 Å². The molecule has 0 spiro atoms. The van der Waals surface area contributed by atoms with Crippen LogP contribution in [0.25, 0.3) is 0 Å². The van der Waals surface area contributed by atoms with E-state index in [0.717, 1.165) is 49.7 Å². The maximum atomic E-state index is 15.8. The number of halogens is 2. The molecule has 0 amide bonds. The number of benzene rings is 4. The molecule has 0 atom stereocenters. The number of rotatable bonds is 10. The number of hydrogen-bond donors (Lipinski definition) is 2. The number of anilines is 2. The Labute approximate surface area is 305 Å². The molecule has 11 heteroatoms. The first-order valence-electron chi connectivity index (χ1n) is 17.1. The van der Waals surface area contributed by atoms with Crippen LogP contribution in [0.2, 0.25) is 10.0 Å². The summed E-state index contributed by atoms with van der Waals surface area (Å²) in [5.41, 5.74) is 1.37. The zero-order chi connectivity index (χ0) is 35.7. The summed E-state index contributed by atoms with van der Waals surface area (Å²) in [4.78, 5) is 16.1. The van der Waals surface area contributed by atoms with E-state index >= 15 is 4.79 Å². The van der Waals surface area contributed by atoms with Gasteiger partial charge in [-0.1, -0.05) is 97.1 Å². The molecule has 2 fully saturated rings. The summed E-state index contributed by atoms with van der Waals surface area (Å²) in [6, 6.07) is 23.2. The van der Waals surface area contributed by atoms with Gasteiger partial charge in [0, 0.05) is 10.0 Å². The largest absolute Gasteiger partial charge is 0.298 e. The molecule has 4 aromatic rings. The van der Waals surface area contributed by atoms with Crippen molar-refractivity contribution in [2.45, 2.75) is 98.7 Å². The minimum absolute atomic E-state index is 0.0551. The predicted octanol–water partition coefficient (Wildman–Crippen LogP) is 9.88. The van der Waals surface area contributed by atoms with Crippen LogP contribution in [0.3, 0.4) is 0 Å². The lowest BCUT2D eigenvalue weighted by Gasteiger charge is -2.47. The summed E-state index contributed by atoms with van der Waals surface area (Å²) in [6.07, 6.45) is 6.92. The third-order valence-electron chi connectivity index (χ3n) is 10.4. The van der Waals surface area contributed by atoms with Gasteiger partial charge in [0.25, 0.3) is 20.0 Å². The number of ketones is 1. The van der Waals surface area contributed by atoms with Crippen molar-refractivity contribution in [3.05, 3.63) is 117 Å². The predicted molar refractivity (Wildman–Crippen MR) is 201 cm³/mol. The Balaban J connectivity index is 1.50. The molecule has 4 aromatic carbocycles. The summed E-state index contributed by atoms with van der Waals surface area (Å²) >= 11 is 13.3. The molecule has 2 aliphatic rings. The Bertz CT molecular complexity index is 1950. The lowest BCUT2D eigenvalue weighted by molar-refractivity contribution is -0.133. The summed E-state index contributed by atoms with van der Waals surface area (Å²) in [6.45, 7) is 3.78. The van der Waals surface area contributed by atoms with Crippen LogP contribution in [-0.4, -0.2) is 22.6 Å². The smallest absolute Gasteiger partial charge is 0.261 e. The molecule has 0 aromatic heterocycles. The van der Waals surface area contributed by atoms with Gasteiger partial charge in [-0.3, -0.25) is 14.2 Å². The molecule has 0 bridgehead atoms. The Morgan fingerprint density at radius 3 is 1.22 bits per heavy atom. The average molecular weight is 754 g/mol. The number of carbonyl (C=O) groups excluding carboxylic acids is 1. The SMILES string of the molecule is Cc1ccc(S(=O)(=O)Nc2ccc(Cl)cc2C2(C(=O)C3(c4cc(Cl)ccc4NS(=O)(=O)c4ccc(C)cc4)CCCCC3)CCCCC2)cc1.